The van der Waals surface area contributed by atoms with Gasteiger partial charge in [0.1, 0.15) is 5.75 Å². The van der Waals surface area contributed by atoms with E-state index in [9.17, 15) is 4.79 Å². The Hall–Kier alpha value is -2.04. The Labute approximate surface area is 118 Å². The number of rotatable bonds is 5. The molecule has 1 aliphatic carbocycles. The van der Waals surface area contributed by atoms with Gasteiger partial charge in [-0.05, 0) is 31.9 Å². The summed E-state index contributed by atoms with van der Waals surface area (Å²) < 4.78 is 5.53. The van der Waals surface area contributed by atoms with E-state index in [0.29, 0.717) is 23.1 Å². The van der Waals surface area contributed by atoms with Crippen LogP contribution in [0.5, 0.6) is 5.75 Å². The molecule has 1 aliphatic rings. The van der Waals surface area contributed by atoms with E-state index >= 15 is 0 Å². The lowest BCUT2D eigenvalue weighted by molar-refractivity contribution is -0.123. The monoisotopic (exact) mass is 276 g/mol. The van der Waals surface area contributed by atoms with Crippen molar-refractivity contribution in [2.24, 2.45) is 5.16 Å². The molecular formula is C15H20N2O3. The van der Waals surface area contributed by atoms with Gasteiger partial charge in [0, 0.05) is 11.6 Å². The highest BCUT2D eigenvalue weighted by atomic mass is 16.5. The zero-order chi connectivity index (χ0) is 14.4. The van der Waals surface area contributed by atoms with Crippen LogP contribution in [0.3, 0.4) is 0 Å². The predicted molar refractivity (Wildman–Crippen MR) is 76.3 cm³/mol. The summed E-state index contributed by atoms with van der Waals surface area (Å²) in [5, 5.41) is 15.0. The van der Waals surface area contributed by atoms with Gasteiger partial charge in [0.2, 0.25) is 0 Å². The average Bonchev–Trinajstić information content (AvgIpc) is 2.97. The fraction of sp³-hybridized carbons (Fsp3) is 0.467. The van der Waals surface area contributed by atoms with Gasteiger partial charge in [0.05, 0.1) is 5.71 Å². The summed E-state index contributed by atoms with van der Waals surface area (Å²) in [6.45, 7) is 1.66. The minimum atomic E-state index is -0.106. The molecule has 5 heteroatoms. The molecule has 0 spiro atoms. The van der Waals surface area contributed by atoms with Crippen LogP contribution in [-0.2, 0) is 4.79 Å². The quantitative estimate of drug-likeness (QED) is 0.492. The SMILES string of the molecule is C/C(=N\O)c1ccccc1OCC(=O)NC1CCCC1. The lowest BCUT2D eigenvalue weighted by Crippen LogP contribution is -2.36. The molecule has 0 unspecified atom stereocenters. The number of carbonyl (C=O) groups is 1. The molecule has 2 N–H and O–H groups in total. The third kappa shape index (κ3) is 3.73. The lowest BCUT2D eigenvalue weighted by Gasteiger charge is -2.14. The Bertz CT molecular complexity index is 494. The van der Waals surface area contributed by atoms with Gasteiger partial charge in [-0.3, -0.25) is 4.79 Å². The molecule has 0 atom stereocenters. The number of hydrogen-bond acceptors (Lipinski definition) is 4. The van der Waals surface area contributed by atoms with Gasteiger partial charge in [0.25, 0.3) is 5.91 Å². The fourth-order valence-corrected chi connectivity index (χ4v) is 2.43. The van der Waals surface area contributed by atoms with Crippen LogP contribution in [0.25, 0.3) is 0 Å². The maximum atomic E-state index is 11.8. The van der Waals surface area contributed by atoms with Crippen LogP contribution in [0.4, 0.5) is 0 Å². The molecule has 1 aromatic rings. The minimum absolute atomic E-state index is 0.0216. The molecule has 0 aliphatic heterocycles. The van der Waals surface area contributed by atoms with Crippen LogP contribution in [0.1, 0.15) is 38.2 Å². The van der Waals surface area contributed by atoms with Crippen LogP contribution < -0.4 is 10.1 Å². The van der Waals surface area contributed by atoms with E-state index in [1.165, 1.54) is 12.8 Å². The van der Waals surface area contributed by atoms with Crippen LogP contribution in [-0.4, -0.2) is 29.5 Å². The predicted octanol–water partition coefficient (Wildman–Crippen LogP) is 2.32. The summed E-state index contributed by atoms with van der Waals surface area (Å²) in [5.41, 5.74) is 1.14. The summed E-state index contributed by atoms with van der Waals surface area (Å²) in [4.78, 5) is 11.8. The Kier molecular flexibility index (Phi) is 4.98. The fourth-order valence-electron chi connectivity index (χ4n) is 2.43. The molecule has 1 aromatic carbocycles. The first-order chi connectivity index (χ1) is 9.70. The van der Waals surface area contributed by atoms with E-state index in [1.807, 2.05) is 12.1 Å². The largest absolute Gasteiger partial charge is 0.483 e. The van der Waals surface area contributed by atoms with E-state index in [2.05, 4.69) is 10.5 Å². The average molecular weight is 276 g/mol. The molecular weight excluding hydrogens is 256 g/mol. The molecule has 0 radical (unpaired) electrons. The second-order valence-corrected chi connectivity index (χ2v) is 5.02. The van der Waals surface area contributed by atoms with Crippen LogP contribution >= 0.6 is 0 Å². The summed E-state index contributed by atoms with van der Waals surface area (Å²) in [7, 11) is 0. The first-order valence-electron chi connectivity index (χ1n) is 6.91. The summed E-state index contributed by atoms with van der Waals surface area (Å²) >= 11 is 0. The topological polar surface area (TPSA) is 70.9 Å². The number of hydrogen-bond donors (Lipinski definition) is 2. The standard InChI is InChI=1S/C15H20N2O3/c1-11(17-19)13-8-4-5-9-14(13)20-10-15(18)16-12-6-2-3-7-12/h4-5,8-9,12,19H,2-3,6-7,10H2,1H3,(H,16,18)/b17-11+. The number of para-hydroxylation sites is 1. The second kappa shape index (κ2) is 6.93. The van der Waals surface area contributed by atoms with Gasteiger partial charge in [0.15, 0.2) is 6.61 Å². The third-order valence-corrected chi connectivity index (χ3v) is 3.51. The van der Waals surface area contributed by atoms with Crippen molar-refractivity contribution in [3.63, 3.8) is 0 Å². The Balaban J connectivity index is 1.91. The number of oxime groups is 1. The molecule has 0 saturated heterocycles. The second-order valence-electron chi connectivity index (χ2n) is 5.02. The maximum Gasteiger partial charge on any atom is 0.258 e. The molecule has 108 valence electrons. The van der Waals surface area contributed by atoms with Crippen molar-refractivity contribution in [3.8, 4) is 5.75 Å². The minimum Gasteiger partial charge on any atom is -0.483 e. The van der Waals surface area contributed by atoms with Crippen molar-refractivity contribution in [1.82, 2.24) is 5.32 Å². The van der Waals surface area contributed by atoms with Gasteiger partial charge in [-0.25, -0.2) is 0 Å². The zero-order valence-corrected chi connectivity index (χ0v) is 11.6. The maximum absolute atomic E-state index is 11.8. The van der Waals surface area contributed by atoms with E-state index in [-0.39, 0.29) is 12.5 Å². The number of amides is 1. The van der Waals surface area contributed by atoms with Crippen LogP contribution in [0.2, 0.25) is 0 Å². The van der Waals surface area contributed by atoms with Crippen molar-refractivity contribution in [2.75, 3.05) is 6.61 Å². The van der Waals surface area contributed by atoms with Gasteiger partial charge in [-0.15, -0.1) is 0 Å². The van der Waals surface area contributed by atoms with Crippen LogP contribution in [0, 0.1) is 0 Å². The normalized spacial score (nSPS) is 16.1. The van der Waals surface area contributed by atoms with E-state index in [4.69, 9.17) is 9.94 Å². The summed E-state index contributed by atoms with van der Waals surface area (Å²) in [6, 6.07) is 7.49. The van der Waals surface area contributed by atoms with Crippen molar-refractivity contribution in [1.29, 1.82) is 0 Å². The zero-order valence-electron chi connectivity index (χ0n) is 11.6. The molecule has 0 heterocycles. The highest BCUT2D eigenvalue weighted by Gasteiger charge is 2.17. The molecule has 1 fully saturated rings. The molecule has 20 heavy (non-hydrogen) atoms. The Morgan fingerprint density at radius 2 is 2.10 bits per heavy atom. The first kappa shape index (κ1) is 14.4. The Morgan fingerprint density at radius 1 is 1.40 bits per heavy atom. The number of carbonyl (C=O) groups excluding carboxylic acids is 1. The summed E-state index contributed by atoms with van der Waals surface area (Å²) in [5.74, 6) is 0.440. The van der Waals surface area contributed by atoms with Gasteiger partial charge < -0.3 is 15.3 Å². The number of benzene rings is 1. The van der Waals surface area contributed by atoms with Gasteiger partial charge >= 0.3 is 0 Å². The number of nitrogens with zero attached hydrogens (tertiary/aromatic N) is 1. The lowest BCUT2D eigenvalue weighted by atomic mass is 10.1. The molecule has 2 rings (SSSR count). The van der Waals surface area contributed by atoms with Gasteiger partial charge in [-0.2, -0.15) is 0 Å². The molecule has 0 aromatic heterocycles. The smallest absolute Gasteiger partial charge is 0.258 e. The van der Waals surface area contributed by atoms with Crippen molar-refractivity contribution >= 4 is 11.6 Å². The highest BCUT2D eigenvalue weighted by Crippen LogP contribution is 2.19. The number of ether oxygens (including phenoxy) is 1. The number of nitrogens with one attached hydrogen (secondary N) is 1. The van der Waals surface area contributed by atoms with E-state index < -0.39 is 0 Å². The van der Waals surface area contributed by atoms with Crippen molar-refractivity contribution in [3.05, 3.63) is 29.8 Å². The molecule has 1 amide bonds. The molecule has 5 nitrogen and oxygen atoms in total. The molecule has 0 bridgehead atoms. The van der Waals surface area contributed by atoms with E-state index in [1.54, 1.807) is 19.1 Å². The Morgan fingerprint density at radius 3 is 2.80 bits per heavy atom. The summed E-state index contributed by atoms with van der Waals surface area (Å²) in [6.07, 6.45) is 4.47. The third-order valence-electron chi connectivity index (χ3n) is 3.51. The van der Waals surface area contributed by atoms with E-state index in [0.717, 1.165) is 12.8 Å². The van der Waals surface area contributed by atoms with Crippen molar-refractivity contribution < 1.29 is 14.7 Å². The van der Waals surface area contributed by atoms with Gasteiger partial charge in [-0.1, -0.05) is 30.1 Å². The highest BCUT2D eigenvalue weighted by molar-refractivity contribution is 6.00. The molecule has 1 saturated carbocycles. The first-order valence-corrected chi connectivity index (χ1v) is 6.91. The van der Waals surface area contributed by atoms with Crippen LogP contribution in [0.15, 0.2) is 29.4 Å². The van der Waals surface area contributed by atoms with Crippen molar-refractivity contribution in [2.45, 2.75) is 38.6 Å².